The van der Waals surface area contributed by atoms with Gasteiger partial charge in [-0.2, -0.15) is 0 Å². The van der Waals surface area contributed by atoms with E-state index < -0.39 is 5.60 Å². The van der Waals surface area contributed by atoms with Gasteiger partial charge in [-0.05, 0) is 58.3 Å². The fourth-order valence-electron chi connectivity index (χ4n) is 3.32. The van der Waals surface area contributed by atoms with E-state index in [2.05, 4.69) is 31.4 Å². The second kappa shape index (κ2) is 9.51. The molecule has 0 radical (unpaired) electrons. The number of ether oxygens (including phenoxy) is 1. The van der Waals surface area contributed by atoms with Crippen LogP contribution in [0.5, 0.6) is 0 Å². The Balaban J connectivity index is 2.37. The van der Waals surface area contributed by atoms with E-state index in [1.807, 2.05) is 20.8 Å². The third kappa shape index (κ3) is 8.59. The Labute approximate surface area is 143 Å². The van der Waals surface area contributed by atoms with Gasteiger partial charge in [0.25, 0.3) is 0 Å². The number of carbonyl (C=O) groups is 1. The van der Waals surface area contributed by atoms with Gasteiger partial charge in [-0.15, -0.1) is 0 Å². The van der Waals surface area contributed by atoms with E-state index in [0.717, 1.165) is 5.92 Å². The number of hydrogen-bond donors (Lipinski definition) is 2. The van der Waals surface area contributed by atoms with Crippen LogP contribution in [0.2, 0.25) is 0 Å². The summed E-state index contributed by atoms with van der Waals surface area (Å²) in [5.41, 5.74) is -0.442. The summed E-state index contributed by atoms with van der Waals surface area (Å²) >= 11 is 0. The molecule has 0 spiro atoms. The molecule has 0 bridgehead atoms. The maximum absolute atomic E-state index is 11.8. The number of amides is 1. The van der Waals surface area contributed by atoms with Gasteiger partial charge in [0.2, 0.25) is 0 Å². The van der Waals surface area contributed by atoms with Crippen molar-refractivity contribution >= 4 is 6.09 Å². The molecule has 1 amide bonds. The average Bonchev–Trinajstić information content (AvgIpc) is 2.43. The highest BCUT2D eigenvalue weighted by molar-refractivity contribution is 5.67. The molecule has 0 saturated heterocycles. The van der Waals surface area contributed by atoms with Gasteiger partial charge in [0.15, 0.2) is 0 Å². The summed E-state index contributed by atoms with van der Waals surface area (Å²) in [6, 6.07) is 0.895. The average molecular weight is 327 g/mol. The van der Waals surface area contributed by atoms with Gasteiger partial charge < -0.3 is 15.4 Å². The van der Waals surface area contributed by atoms with Crippen LogP contribution in [0.1, 0.15) is 80.1 Å². The van der Waals surface area contributed by atoms with E-state index in [4.69, 9.17) is 4.74 Å². The number of rotatable bonds is 7. The summed E-state index contributed by atoms with van der Waals surface area (Å²) in [4.78, 5) is 11.8. The molecule has 0 aromatic carbocycles. The molecule has 1 saturated carbocycles. The third-order valence-corrected chi connectivity index (χ3v) is 4.66. The molecule has 1 unspecified atom stereocenters. The molecule has 1 atom stereocenters. The van der Waals surface area contributed by atoms with E-state index in [1.165, 1.54) is 38.5 Å². The van der Waals surface area contributed by atoms with Crippen LogP contribution in [0, 0.1) is 11.8 Å². The Bertz CT molecular complexity index is 342. The second-order valence-corrected chi connectivity index (χ2v) is 8.41. The molecule has 2 N–H and O–H groups in total. The Morgan fingerprint density at radius 2 is 1.78 bits per heavy atom. The monoisotopic (exact) mass is 326 g/mol. The lowest BCUT2D eigenvalue weighted by atomic mass is 9.83. The van der Waals surface area contributed by atoms with Gasteiger partial charge in [0.1, 0.15) is 5.60 Å². The van der Waals surface area contributed by atoms with E-state index >= 15 is 0 Å². The minimum absolute atomic E-state index is 0.301. The number of hydrogen-bond acceptors (Lipinski definition) is 3. The van der Waals surface area contributed by atoms with E-state index in [9.17, 15) is 4.79 Å². The van der Waals surface area contributed by atoms with Crippen LogP contribution >= 0.6 is 0 Å². The van der Waals surface area contributed by atoms with Gasteiger partial charge in [0.05, 0.1) is 0 Å². The van der Waals surface area contributed by atoms with Crippen LogP contribution in [-0.2, 0) is 4.74 Å². The van der Waals surface area contributed by atoms with Crippen LogP contribution in [-0.4, -0.2) is 30.3 Å². The van der Waals surface area contributed by atoms with Crippen molar-refractivity contribution in [2.75, 3.05) is 6.54 Å². The van der Waals surface area contributed by atoms with Gasteiger partial charge in [-0.1, -0.05) is 33.6 Å². The molecule has 0 aromatic rings. The van der Waals surface area contributed by atoms with E-state index in [1.54, 1.807) is 0 Å². The zero-order chi connectivity index (χ0) is 17.5. The Hall–Kier alpha value is -0.770. The molecule has 1 rings (SSSR count). The summed E-state index contributed by atoms with van der Waals surface area (Å²) in [6.07, 6.45) is 7.57. The van der Waals surface area contributed by atoms with Crippen molar-refractivity contribution in [1.29, 1.82) is 0 Å². The maximum atomic E-state index is 11.8. The van der Waals surface area contributed by atoms with Crippen LogP contribution < -0.4 is 10.6 Å². The smallest absolute Gasteiger partial charge is 0.407 e. The van der Waals surface area contributed by atoms with Crippen molar-refractivity contribution in [3.05, 3.63) is 0 Å². The normalized spacial score (nSPS) is 23.6. The van der Waals surface area contributed by atoms with Crippen LogP contribution in [0.3, 0.4) is 0 Å². The summed E-state index contributed by atoms with van der Waals surface area (Å²) in [5, 5.41) is 6.68. The first-order chi connectivity index (χ1) is 10.7. The van der Waals surface area contributed by atoms with Crippen LogP contribution in [0.15, 0.2) is 0 Å². The van der Waals surface area contributed by atoms with Gasteiger partial charge in [-0.25, -0.2) is 4.79 Å². The molecule has 0 heterocycles. The molecule has 0 aliphatic heterocycles. The predicted octanol–water partition coefficient (Wildman–Crippen LogP) is 4.48. The molecule has 4 heteroatoms. The Kier molecular flexibility index (Phi) is 8.38. The zero-order valence-electron chi connectivity index (χ0n) is 16.1. The minimum Gasteiger partial charge on any atom is -0.444 e. The highest BCUT2D eigenvalue weighted by Gasteiger charge is 2.25. The SMILES string of the molecule is CCCC1CCC(NC(CNC(=O)OC(C)(C)C)C(C)C)CC1. The van der Waals surface area contributed by atoms with Crippen molar-refractivity contribution in [3.63, 3.8) is 0 Å². The van der Waals surface area contributed by atoms with Gasteiger partial charge in [-0.3, -0.25) is 0 Å². The molecule has 1 aliphatic rings. The van der Waals surface area contributed by atoms with Crippen LogP contribution in [0.4, 0.5) is 4.79 Å². The molecule has 1 aliphatic carbocycles. The Morgan fingerprint density at radius 1 is 1.17 bits per heavy atom. The van der Waals surface area contributed by atoms with Crippen molar-refractivity contribution < 1.29 is 9.53 Å². The first-order valence-electron chi connectivity index (χ1n) is 9.44. The first kappa shape index (κ1) is 20.3. The zero-order valence-corrected chi connectivity index (χ0v) is 16.1. The quantitative estimate of drug-likeness (QED) is 0.725. The van der Waals surface area contributed by atoms with Gasteiger partial charge >= 0.3 is 6.09 Å². The maximum Gasteiger partial charge on any atom is 0.407 e. The summed E-state index contributed by atoms with van der Waals surface area (Å²) in [6.45, 7) is 13.0. The van der Waals surface area contributed by atoms with Crippen LogP contribution in [0.25, 0.3) is 0 Å². The number of alkyl carbamates (subject to hydrolysis) is 1. The lowest BCUT2D eigenvalue weighted by Gasteiger charge is -2.34. The van der Waals surface area contributed by atoms with Crippen molar-refractivity contribution in [2.45, 2.75) is 97.8 Å². The lowest BCUT2D eigenvalue weighted by Crippen LogP contribution is -2.49. The summed E-state index contributed by atoms with van der Waals surface area (Å²) in [5.74, 6) is 1.41. The first-order valence-corrected chi connectivity index (χ1v) is 9.44. The third-order valence-electron chi connectivity index (χ3n) is 4.66. The predicted molar refractivity (Wildman–Crippen MR) is 96.7 cm³/mol. The molecule has 23 heavy (non-hydrogen) atoms. The molecule has 1 fully saturated rings. The highest BCUT2D eigenvalue weighted by Crippen LogP contribution is 2.28. The number of carbonyl (C=O) groups excluding carboxylic acids is 1. The standard InChI is InChI=1S/C19H38N2O2/c1-7-8-15-9-11-16(12-10-15)21-17(14(2)3)13-20-18(22)23-19(4,5)6/h14-17,21H,7-13H2,1-6H3,(H,20,22). The molecule has 136 valence electrons. The Morgan fingerprint density at radius 3 is 2.26 bits per heavy atom. The lowest BCUT2D eigenvalue weighted by molar-refractivity contribution is 0.0517. The summed E-state index contributed by atoms with van der Waals surface area (Å²) in [7, 11) is 0. The summed E-state index contributed by atoms with van der Waals surface area (Å²) < 4.78 is 5.32. The molecular weight excluding hydrogens is 288 g/mol. The van der Waals surface area contributed by atoms with E-state index in [-0.39, 0.29) is 6.09 Å². The van der Waals surface area contributed by atoms with Crippen molar-refractivity contribution in [2.24, 2.45) is 11.8 Å². The largest absolute Gasteiger partial charge is 0.444 e. The van der Waals surface area contributed by atoms with Crippen molar-refractivity contribution in [1.82, 2.24) is 10.6 Å². The topological polar surface area (TPSA) is 50.4 Å². The molecular formula is C19H38N2O2. The fourth-order valence-corrected chi connectivity index (χ4v) is 3.32. The van der Waals surface area contributed by atoms with E-state index in [0.29, 0.717) is 24.5 Å². The fraction of sp³-hybridized carbons (Fsp3) is 0.947. The van der Waals surface area contributed by atoms with Crippen molar-refractivity contribution in [3.8, 4) is 0 Å². The highest BCUT2D eigenvalue weighted by atomic mass is 16.6. The second-order valence-electron chi connectivity index (χ2n) is 8.41. The number of nitrogens with one attached hydrogen (secondary N) is 2. The molecule has 0 aromatic heterocycles. The minimum atomic E-state index is -0.442. The molecule has 4 nitrogen and oxygen atoms in total. The van der Waals surface area contributed by atoms with Gasteiger partial charge in [0, 0.05) is 18.6 Å².